The van der Waals surface area contributed by atoms with Gasteiger partial charge < -0.3 is 4.43 Å². The van der Waals surface area contributed by atoms with Crippen molar-refractivity contribution < 1.29 is 4.43 Å². The zero-order valence-electron chi connectivity index (χ0n) is 8.58. The van der Waals surface area contributed by atoms with Crippen molar-refractivity contribution in [3.8, 4) is 0 Å². The van der Waals surface area contributed by atoms with Crippen LogP contribution in [0.25, 0.3) is 0 Å². The van der Waals surface area contributed by atoms with Crippen LogP contribution in [0.2, 0.25) is 19.6 Å². The second-order valence-corrected chi connectivity index (χ2v) is 8.59. The molecule has 1 aromatic carbocycles. The minimum Gasteiger partial charge on any atom is -0.411 e. The van der Waals surface area contributed by atoms with Crippen LogP contribution in [-0.2, 0) is 4.43 Å². The molecule has 1 nitrogen and oxygen atoms in total. The molecular formula is C11H17OSi. The molecule has 0 saturated carbocycles. The number of hydrogen-bond acceptors (Lipinski definition) is 1. The molecule has 0 aromatic heterocycles. The first-order chi connectivity index (χ1) is 5.99. The van der Waals surface area contributed by atoms with Gasteiger partial charge in [0.1, 0.15) is 0 Å². The molecule has 0 heterocycles. The van der Waals surface area contributed by atoms with E-state index in [2.05, 4.69) is 38.7 Å². The van der Waals surface area contributed by atoms with E-state index in [0.717, 1.165) is 5.56 Å². The minimum absolute atomic E-state index is 0.0205. The van der Waals surface area contributed by atoms with E-state index in [9.17, 15) is 0 Å². The number of rotatable bonds is 3. The molecule has 1 radical (unpaired) electrons. The van der Waals surface area contributed by atoms with Gasteiger partial charge in [0.15, 0.2) is 8.32 Å². The quantitative estimate of drug-likeness (QED) is 0.668. The van der Waals surface area contributed by atoms with Crippen molar-refractivity contribution in [3.63, 3.8) is 0 Å². The summed E-state index contributed by atoms with van der Waals surface area (Å²) >= 11 is 0. The molecule has 0 spiro atoms. The van der Waals surface area contributed by atoms with Crippen LogP contribution in [0, 0.1) is 6.92 Å². The van der Waals surface area contributed by atoms with Crippen molar-refractivity contribution in [3.05, 3.63) is 42.8 Å². The van der Waals surface area contributed by atoms with Gasteiger partial charge in [-0.2, -0.15) is 0 Å². The molecule has 0 amide bonds. The zero-order valence-corrected chi connectivity index (χ0v) is 9.58. The molecule has 1 atom stereocenters. The third kappa shape index (κ3) is 3.74. The van der Waals surface area contributed by atoms with Gasteiger partial charge in [-0.1, -0.05) is 30.3 Å². The van der Waals surface area contributed by atoms with Crippen molar-refractivity contribution in [1.82, 2.24) is 0 Å². The molecule has 1 aromatic rings. The van der Waals surface area contributed by atoms with Gasteiger partial charge in [-0.25, -0.2) is 0 Å². The van der Waals surface area contributed by atoms with Gasteiger partial charge in [-0.05, 0) is 32.1 Å². The lowest BCUT2D eigenvalue weighted by Crippen LogP contribution is -2.26. The lowest BCUT2D eigenvalue weighted by Gasteiger charge is -2.23. The first-order valence-electron chi connectivity index (χ1n) is 4.55. The molecule has 0 N–H and O–H groups in total. The summed E-state index contributed by atoms with van der Waals surface area (Å²) < 4.78 is 5.85. The van der Waals surface area contributed by atoms with E-state index in [1.54, 1.807) is 0 Å². The normalized spacial score (nSPS) is 14.2. The topological polar surface area (TPSA) is 9.23 Å². The van der Waals surface area contributed by atoms with E-state index in [-0.39, 0.29) is 6.10 Å². The predicted molar refractivity (Wildman–Crippen MR) is 59.0 cm³/mol. The first-order valence-corrected chi connectivity index (χ1v) is 7.96. The maximum Gasteiger partial charge on any atom is 0.184 e. The Kier molecular flexibility index (Phi) is 3.28. The third-order valence-corrected chi connectivity index (χ3v) is 2.66. The SMILES string of the molecule is [CH2]C(O[Si](C)(C)C)c1ccccc1. The van der Waals surface area contributed by atoms with Gasteiger partial charge in [-0.3, -0.25) is 0 Å². The summed E-state index contributed by atoms with van der Waals surface area (Å²) in [4.78, 5) is 0. The molecule has 0 aliphatic heterocycles. The van der Waals surface area contributed by atoms with Crippen molar-refractivity contribution in [2.75, 3.05) is 0 Å². The molecule has 13 heavy (non-hydrogen) atoms. The third-order valence-electron chi connectivity index (χ3n) is 1.67. The Bertz CT molecular complexity index is 251. The predicted octanol–water partition coefficient (Wildman–Crippen LogP) is 3.41. The highest BCUT2D eigenvalue weighted by molar-refractivity contribution is 6.69. The molecule has 2 heteroatoms. The second-order valence-electron chi connectivity index (χ2n) is 4.13. The Morgan fingerprint density at radius 2 is 1.69 bits per heavy atom. The Morgan fingerprint density at radius 3 is 2.15 bits per heavy atom. The summed E-state index contributed by atoms with van der Waals surface area (Å²) in [6.07, 6.45) is -0.0205. The van der Waals surface area contributed by atoms with E-state index in [1.165, 1.54) is 0 Å². The van der Waals surface area contributed by atoms with Gasteiger partial charge >= 0.3 is 0 Å². The molecule has 0 aliphatic carbocycles. The van der Waals surface area contributed by atoms with Crippen LogP contribution in [0.5, 0.6) is 0 Å². The van der Waals surface area contributed by atoms with Crippen LogP contribution >= 0.6 is 0 Å². The van der Waals surface area contributed by atoms with Crippen LogP contribution in [0.3, 0.4) is 0 Å². The lowest BCUT2D eigenvalue weighted by molar-refractivity contribution is 0.245. The average molecular weight is 193 g/mol. The fourth-order valence-corrected chi connectivity index (χ4v) is 2.15. The van der Waals surface area contributed by atoms with Gasteiger partial charge in [0.05, 0.1) is 6.10 Å². The zero-order chi connectivity index (χ0) is 9.90. The van der Waals surface area contributed by atoms with Crippen LogP contribution in [0.4, 0.5) is 0 Å². The maximum atomic E-state index is 5.85. The maximum absolute atomic E-state index is 5.85. The van der Waals surface area contributed by atoms with Crippen molar-refractivity contribution in [1.29, 1.82) is 0 Å². The fraction of sp³-hybridized carbons (Fsp3) is 0.364. The smallest absolute Gasteiger partial charge is 0.184 e. The highest BCUT2D eigenvalue weighted by atomic mass is 28.4. The van der Waals surface area contributed by atoms with Crippen LogP contribution in [0.15, 0.2) is 30.3 Å². The molecule has 0 aliphatic rings. The molecular weight excluding hydrogens is 176 g/mol. The lowest BCUT2D eigenvalue weighted by atomic mass is 10.1. The summed E-state index contributed by atoms with van der Waals surface area (Å²) in [5.41, 5.74) is 1.16. The second kappa shape index (κ2) is 4.07. The highest BCUT2D eigenvalue weighted by Gasteiger charge is 2.18. The Hall–Kier alpha value is -0.603. The Morgan fingerprint density at radius 1 is 1.15 bits per heavy atom. The molecule has 0 fully saturated rings. The molecule has 71 valence electrons. The summed E-state index contributed by atoms with van der Waals surface area (Å²) in [7, 11) is -1.47. The van der Waals surface area contributed by atoms with Gasteiger partial charge in [0.25, 0.3) is 0 Å². The molecule has 1 rings (SSSR count). The van der Waals surface area contributed by atoms with Crippen molar-refractivity contribution in [2.24, 2.45) is 0 Å². The molecule has 0 bridgehead atoms. The van der Waals surface area contributed by atoms with Gasteiger partial charge in [0.2, 0.25) is 0 Å². The average Bonchev–Trinajstić information content (AvgIpc) is 2.03. The Labute approximate surface area is 81.9 Å². The highest BCUT2D eigenvalue weighted by Crippen LogP contribution is 2.20. The van der Waals surface area contributed by atoms with Crippen molar-refractivity contribution in [2.45, 2.75) is 25.7 Å². The largest absolute Gasteiger partial charge is 0.411 e. The van der Waals surface area contributed by atoms with E-state index in [1.807, 2.05) is 18.2 Å². The number of hydrogen-bond donors (Lipinski definition) is 0. The van der Waals surface area contributed by atoms with E-state index in [4.69, 9.17) is 4.43 Å². The van der Waals surface area contributed by atoms with Crippen LogP contribution in [0.1, 0.15) is 11.7 Å². The van der Waals surface area contributed by atoms with E-state index >= 15 is 0 Å². The number of benzene rings is 1. The minimum atomic E-state index is -1.47. The first kappa shape index (κ1) is 10.5. The molecule has 0 saturated heterocycles. The van der Waals surface area contributed by atoms with Crippen molar-refractivity contribution >= 4 is 8.32 Å². The van der Waals surface area contributed by atoms with Crippen LogP contribution < -0.4 is 0 Å². The molecule has 1 unspecified atom stereocenters. The van der Waals surface area contributed by atoms with E-state index < -0.39 is 8.32 Å². The fourth-order valence-electron chi connectivity index (χ4n) is 1.16. The Balaban J connectivity index is 2.64. The van der Waals surface area contributed by atoms with Crippen LogP contribution in [-0.4, -0.2) is 8.32 Å². The van der Waals surface area contributed by atoms with Gasteiger partial charge in [0, 0.05) is 0 Å². The summed E-state index contributed by atoms with van der Waals surface area (Å²) in [6, 6.07) is 10.1. The van der Waals surface area contributed by atoms with E-state index in [0.29, 0.717) is 0 Å². The standard InChI is InChI=1S/C11H17OSi/c1-10(12-13(2,3)4)11-8-6-5-7-9-11/h5-10H,1H2,2-4H3. The monoisotopic (exact) mass is 193 g/mol. The summed E-state index contributed by atoms with van der Waals surface area (Å²) in [5.74, 6) is 0. The summed E-state index contributed by atoms with van der Waals surface area (Å²) in [6.45, 7) is 10.5. The van der Waals surface area contributed by atoms with Gasteiger partial charge in [-0.15, -0.1) is 0 Å². The summed E-state index contributed by atoms with van der Waals surface area (Å²) in [5, 5.41) is 0.